The Morgan fingerprint density at radius 1 is 1.53 bits per heavy atom. The van der Waals surface area contributed by atoms with E-state index in [2.05, 4.69) is 5.10 Å². The molecule has 1 saturated heterocycles. The van der Waals surface area contributed by atoms with E-state index >= 15 is 0 Å². The van der Waals surface area contributed by atoms with Crippen molar-refractivity contribution in [3.8, 4) is 0 Å². The van der Waals surface area contributed by atoms with E-state index in [4.69, 9.17) is 23.8 Å². The third kappa shape index (κ3) is 3.26. The molecule has 1 aliphatic heterocycles. The van der Waals surface area contributed by atoms with E-state index in [0.717, 1.165) is 11.3 Å². The van der Waals surface area contributed by atoms with Gasteiger partial charge in [-0.05, 0) is 18.2 Å². The fourth-order valence-corrected chi connectivity index (χ4v) is 2.67. The number of rotatable bonds is 3. The van der Waals surface area contributed by atoms with Gasteiger partial charge >= 0.3 is 0 Å². The number of hydrazone groups is 1. The molecular formula is C12H12ClN3OS2. The van der Waals surface area contributed by atoms with Gasteiger partial charge in [0, 0.05) is 25.3 Å². The number of hydrogen-bond acceptors (Lipinski definition) is 5. The second-order valence-corrected chi connectivity index (χ2v) is 6.12. The highest BCUT2D eigenvalue weighted by Gasteiger charge is 2.25. The number of hydrogen-bond donors (Lipinski definition) is 0. The van der Waals surface area contributed by atoms with Crippen molar-refractivity contribution in [3.63, 3.8) is 0 Å². The maximum atomic E-state index is 11.5. The number of anilines is 1. The van der Waals surface area contributed by atoms with Crippen molar-refractivity contribution in [2.75, 3.05) is 24.7 Å². The lowest BCUT2D eigenvalue weighted by molar-refractivity contribution is -0.123. The van der Waals surface area contributed by atoms with Crippen LogP contribution in [-0.4, -0.2) is 41.3 Å². The summed E-state index contributed by atoms with van der Waals surface area (Å²) in [6.45, 7) is 0. The zero-order valence-electron chi connectivity index (χ0n) is 10.5. The molecule has 0 atom stereocenters. The zero-order chi connectivity index (χ0) is 14.0. The Morgan fingerprint density at radius 2 is 2.26 bits per heavy atom. The molecule has 0 aliphatic carbocycles. The summed E-state index contributed by atoms with van der Waals surface area (Å²) in [6, 6.07) is 5.64. The predicted octanol–water partition coefficient (Wildman–Crippen LogP) is 2.60. The molecule has 1 amide bonds. The molecule has 100 valence electrons. The molecule has 0 saturated carbocycles. The molecule has 0 bridgehead atoms. The minimum atomic E-state index is -0.104. The third-order valence-electron chi connectivity index (χ3n) is 2.54. The first-order valence-corrected chi connectivity index (χ1v) is 7.27. The van der Waals surface area contributed by atoms with E-state index in [0.29, 0.717) is 15.1 Å². The number of amides is 1. The number of halogens is 1. The van der Waals surface area contributed by atoms with Crippen LogP contribution in [0.4, 0.5) is 5.69 Å². The van der Waals surface area contributed by atoms with Gasteiger partial charge in [0.1, 0.15) is 0 Å². The van der Waals surface area contributed by atoms with Crippen LogP contribution in [0.1, 0.15) is 5.56 Å². The van der Waals surface area contributed by atoms with E-state index < -0.39 is 0 Å². The van der Waals surface area contributed by atoms with Gasteiger partial charge in [-0.2, -0.15) is 10.1 Å². The van der Waals surface area contributed by atoms with Crippen LogP contribution in [0.3, 0.4) is 0 Å². The fourth-order valence-electron chi connectivity index (χ4n) is 1.48. The first kappa shape index (κ1) is 14.3. The molecule has 19 heavy (non-hydrogen) atoms. The number of nitrogens with zero attached hydrogens (tertiary/aromatic N) is 3. The number of carbonyl (C=O) groups excluding carboxylic acids is 1. The Balaban J connectivity index is 2.19. The summed E-state index contributed by atoms with van der Waals surface area (Å²) in [4.78, 5) is 13.5. The van der Waals surface area contributed by atoms with Crippen molar-refractivity contribution in [3.05, 3.63) is 28.8 Å². The molecule has 1 fully saturated rings. The Hall–Kier alpha value is -1.11. The second kappa shape index (κ2) is 5.90. The van der Waals surface area contributed by atoms with Crippen molar-refractivity contribution in [1.82, 2.24) is 5.01 Å². The van der Waals surface area contributed by atoms with Crippen LogP contribution in [0.2, 0.25) is 5.02 Å². The van der Waals surface area contributed by atoms with Crippen molar-refractivity contribution >= 4 is 57.7 Å². The summed E-state index contributed by atoms with van der Waals surface area (Å²) in [5, 5.41) is 5.91. The molecule has 0 aromatic heterocycles. The van der Waals surface area contributed by atoms with Crippen molar-refractivity contribution in [2.45, 2.75) is 0 Å². The van der Waals surface area contributed by atoms with Gasteiger partial charge in [0.15, 0.2) is 4.32 Å². The topological polar surface area (TPSA) is 35.9 Å². The van der Waals surface area contributed by atoms with Crippen LogP contribution in [0, 0.1) is 0 Å². The molecule has 4 nitrogen and oxygen atoms in total. The SMILES string of the molecule is CN(C)c1ccc(/C=N/N2C(=O)CSC2=S)c(Cl)c1. The largest absolute Gasteiger partial charge is 0.378 e. The smallest absolute Gasteiger partial charge is 0.259 e. The van der Waals surface area contributed by atoms with Crippen molar-refractivity contribution in [1.29, 1.82) is 0 Å². The van der Waals surface area contributed by atoms with Crippen LogP contribution >= 0.6 is 35.6 Å². The minimum absolute atomic E-state index is 0.104. The molecule has 2 rings (SSSR count). The molecule has 0 unspecified atom stereocenters. The number of carbonyl (C=O) groups is 1. The summed E-state index contributed by atoms with van der Waals surface area (Å²) < 4.78 is 0.474. The number of benzene rings is 1. The highest BCUT2D eigenvalue weighted by Crippen LogP contribution is 2.23. The predicted molar refractivity (Wildman–Crippen MR) is 85.3 cm³/mol. The molecule has 1 aromatic carbocycles. The van der Waals surface area contributed by atoms with Crippen LogP contribution in [0.5, 0.6) is 0 Å². The van der Waals surface area contributed by atoms with Gasteiger partial charge in [-0.15, -0.1) is 0 Å². The Kier molecular flexibility index (Phi) is 4.44. The second-order valence-electron chi connectivity index (χ2n) is 4.10. The van der Waals surface area contributed by atoms with E-state index in [9.17, 15) is 4.79 Å². The quantitative estimate of drug-likeness (QED) is 0.635. The summed E-state index contributed by atoms with van der Waals surface area (Å²) >= 11 is 12.5. The summed E-state index contributed by atoms with van der Waals surface area (Å²) in [7, 11) is 3.88. The average molecular weight is 314 g/mol. The maximum absolute atomic E-state index is 11.5. The van der Waals surface area contributed by atoms with Crippen molar-refractivity contribution in [2.24, 2.45) is 5.10 Å². The van der Waals surface area contributed by atoms with Gasteiger partial charge in [-0.25, -0.2) is 0 Å². The summed E-state index contributed by atoms with van der Waals surface area (Å²) in [5.41, 5.74) is 1.75. The monoisotopic (exact) mass is 313 g/mol. The first-order chi connectivity index (χ1) is 8.99. The maximum Gasteiger partial charge on any atom is 0.259 e. The Labute approximate surface area is 126 Å². The van der Waals surface area contributed by atoms with Crippen LogP contribution < -0.4 is 4.90 Å². The van der Waals surface area contributed by atoms with Gasteiger partial charge in [0.2, 0.25) is 0 Å². The molecular weight excluding hydrogens is 302 g/mol. The van der Waals surface area contributed by atoms with Crippen molar-refractivity contribution < 1.29 is 4.79 Å². The standard InChI is InChI=1S/C12H12ClN3OS2/c1-15(2)9-4-3-8(10(13)5-9)6-14-16-11(17)7-19-12(16)18/h3-6H,7H2,1-2H3/b14-6+. The van der Waals surface area contributed by atoms with Gasteiger partial charge in [0.05, 0.1) is 17.0 Å². The van der Waals surface area contributed by atoms with E-state index in [1.165, 1.54) is 16.8 Å². The molecule has 7 heteroatoms. The van der Waals surface area contributed by atoms with E-state index in [1.54, 1.807) is 6.21 Å². The normalized spacial score (nSPS) is 15.6. The number of thioether (sulfide) groups is 1. The van der Waals surface area contributed by atoms with Crippen LogP contribution in [0.25, 0.3) is 0 Å². The molecule has 0 N–H and O–H groups in total. The summed E-state index contributed by atoms with van der Waals surface area (Å²) in [5.74, 6) is 0.246. The Bertz CT molecular complexity index is 544. The molecule has 0 spiro atoms. The number of thiocarbonyl (C=S) groups is 1. The lowest BCUT2D eigenvalue weighted by Crippen LogP contribution is -2.22. The third-order valence-corrected chi connectivity index (χ3v) is 4.21. The van der Waals surface area contributed by atoms with Gasteiger partial charge in [0.25, 0.3) is 5.91 Å². The average Bonchev–Trinajstić information content (AvgIpc) is 2.68. The molecule has 0 radical (unpaired) electrons. The first-order valence-electron chi connectivity index (χ1n) is 5.49. The summed E-state index contributed by atoms with van der Waals surface area (Å²) in [6.07, 6.45) is 1.55. The van der Waals surface area contributed by atoms with E-state index in [1.807, 2.05) is 37.2 Å². The lowest BCUT2D eigenvalue weighted by Gasteiger charge is -2.13. The minimum Gasteiger partial charge on any atom is -0.378 e. The Morgan fingerprint density at radius 3 is 2.79 bits per heavy atom. The van der Waals surface area contributed by atoms with Gasteiger partial charge in [-0.3, -0.25) is 4.79 Å². The van der Waals surface area contributed by atoms with E-state index in [-0.39, 0.29) is 5.91 Å². The van der Waals surface area contributed by atoms with Crippen LogP contribution in [0.15, 0.2) is 23.3 Å². The van der Waals surface area contributed by atoms with Gasteiger partial charge < -0.3 is 4.90 Å². The van der Waals surface area contributed by atoms with Gasteiger partial charge in [-0.1, -0.05) is 35.6 Å². The van der Waals surface area contributed by atoms with Crippen LogP contribution in [-0.2, 0) is 4.79 Å². The highest BCUT2D eigenvalue weighted by molar-refractivity contribution is 8.23. The fraction of sp³-hybridized carbons (Fsp3) is 0.250. The zero-order valence-corrected chi connectivity index (χ0v) is 12.8. The molecule has 1 aliphatic rings. The molecule has 1 heterocycles. The molecule has 1 aromatic rings. The highest BCUT2D eigenvalue weighted by atomic mass is 35.5. The lowest BCUT2D eigenvalue weighted by atomic mass is 10.2.